The number of fused-ring (bicyclic) bond motifs is 1. The Kier molecular flexibility index (Phi) is 3.60. The number of aliphatic carboxylic acids is 1. The minimum absolute atomic E-state index is 0.414. The third kappa shape index (κ3) is 2.74. The molecule has 0 amide bonds. The molecule has 3 aromatic rings. The molecule has 1 N–H and O–H groups in total. The van der Waals surface area contributed by atoms with Gasteiger partial charge < -0.3 is 5.11 Å². The van der Waals surface area contributed by atoms with Crippen molar-refractivity contribution >= 4 is 16.9 Å². The number of carboxylic acid groups (broad SMARTS) is 1. The van der Waals surface area contributed by atoms with Gasteiger partial charge in [-0.3, -0.25) is 4.79 Å². The Morgan fingerprint density at radius 2 is 1.71 bits per heavy atom. The summed E-state index contributed by atoms with van der Waals surface area (Å²) < 4.78 is 0. The number of aromatic nitrogens is 2. The van der Waals surface area contributed by atoms with E-state index in [-0.39, 0.29) is 0 Å². The van der Waals surface area contributed by atoms with Gasteiger partial charge in [0.25, 0.3) is 0 Å². The van der Waals surface area contributed by atoms with Crippen LogP contribution < -0.4 is 0 Å². The van der Waals surface area contributed by atoms with E-state index in [4.69, 9.17) is 0 Å². The Morgan fingerprint density at radius 1 is 1.00 bits per heavy atom. The maximum atomic E-state index is 11.7. The van der Waals surface area contributed by atoms with E-state index in [1.165, 1.54) is 6.33 Å². The number of benzene rings is 2. The molecule has 0 aliphatic carbocycles. The van der Waals surface area contributed by atoms with Gasteiger partial charge in [0.15, 0.2) is 0 Å². The summed E-state index contributed by atoms with van der Waals surface area (Å²) in [5, 5.41) is 10.4. The number of hydrogen-bond acceptors (Lipinski definition) is 3. The Labute approximate surface area is 122 Å². The lowest BCUT2D eigenvalue weighted by Crippen LogP contribution is -2.16. The van der Waals surface area contributed by atoms with E-state index in [0.29, 0.717) is 12.1 Å². The molecule has 3 rings (SSSR count). The van der Waals surface area contributed by atoms with Crippen molar-refractivity contribution in [1.82, 2.24) is 9.97 Å². The molecule has 4 heteroatoms. The van der Waals surface area contributed by atoms with Gasteiger partial charge in [0.05, 0.1) is 11.2 Å². The van der Waals surface area contributed by atoms with Crippen molar-refractivity contribution in [2.75, 3.05) is 0 Å². The van der Waals surface area contributed by atoms with E-state index in [1.54, 1.807) is 0 Å². The highest BCUT2D eigenvalue weighted by molar-refractivity contribution is 5.87. The van der Waals surface area contributed by atoms with Gasteiger partial charge in [0.2, 0.25) is 0 Å². The Hall–Kier alpha value is -2.75. The molecular formula is C17H14N2O2. The molecule has 0 fully saturated rings. The van der Waals surface area contributed by atoms with Crippen LogP contribution in [0.4, 0.5) is 0 Å². The van der Waals surface area contributed by atoms with Gasteiger partial charge in [-0.25, -0.2) is 9.97 Å². The third-order valence-corrected chi connectivity index (χ3v) is 3.48. The van der Waals surface area contributed by atoms with Crippen molar-refractivity contribution in [2.24, 2.45) is 0 Å². The van der Waals surface area contributed by atoms with E-state index in [1.807, 2.05) is 54.6 Å². The number of hydrogen-bond donors (Lipinski definition) is 1. The zero-order valence-corrected chi connectivity index (χ0v) is 11.3. The van der Waals surface area contributed by atoms with Gasteiger partial charge in [-0.15, -0.1) is 0 Å². The SMILES string of the molecule is O=C(O)C(Cc1ccccc1)c1ncnc2ccccc12. The average Bonchev–Trinajstić information content (AvgIpc) is 2.53. The van der Waals surface area contributed by atoms with Crippen molar-refractivity contribution in [2.45, 2.75) is 12.3 Å². The average molecular weight is 278 g/mol. The molecule has 0 saturated carbocycles. The van der Waals surface area contributed by atoms with Gasteiger partial charge in [-0.1, -0.05) is 48.5 Å². The molecule has 4 nitrogen and oxygen atoms in total. The summed E-state index contributed by atoms with van der Waals surface area (Å²) >= 11 is 0. The molecule has 21 heavy (non-hydrogen) atoms. The summed E-state index contributed by atoms with van der Waals surface area (Å²) in [5.74, 6) is -1.55. The van der Waals surface area contributed by atoms with Crippen LogP contribution >= 0.6 is 0 Å². The second kappa shape index (κ2) is 5.71. The summed E-state index contributed by atoms with van der Waals surface area (Å²) in [6.07, 6.45) is 1.84. The molecule has 1 heterocycles. The van der Waals surface area contributed by atoms with E-state index in [9.17, 15) is 9.90 Å². The normalized spacial score (nSPS) is 12.2. The van der Waals surface area contributed by atoms with Crippen LogP contribution in [-0.2, 0) is 11.2 Å². The Morgan fingerprint density at radius 3 is 2.48 bits per heavy atom. The second-order valence-electron chi connectivity index (χ2n) is 4.86. The van der Waals surface area contributed by atoms with Crippen LogP contribution in [0.25, 0.3) is 10.9 Å². The van der Waals surface area contributed by atoms with Crippen molar-refractivity contribution in [1.29, 1.82) is 0 Å². The van der Waals surface area contributed by atoms with E-state index in [2.05, 4.69) is 9.97 Å². The fraction of sp³-hybridized carbons (Fsp3) is 0.118. The number of carboxylic acids is 1. The molecule has 0 radical (unpaired) electrons. The summed E-state index contributed by atoms with van der Waals surface area (Å²) in [6.45, 7) is 0. The van der Waals surface area contributed by atoms with Gasteiger partial charge in [0, 0.05) is 5.39 Å². The fourth-order valence-corrected chi connectivity index (χ4v) is 2.45. The molecule has 1 unspecified atom stereocenters. The highest BCUT2D eigenvalue weighted by atomic mass is 16.4. The number of para-hydroxylation sites is 1. The van der Waals surface area contributed by atoms with Crippen LogP contribution in [0, 0.1) is 0 Å². The maximum Gasteiger partial charge on any atom is 0.312 e. The molecule has 0 spiro atoms. The molecule has 104 valence electrons. The molecule has 0 aliphatic heterocycles. The molecule has 1 atom stereocenters. The summed E-state index contributed by atoms with van der Waals surface area (Å²) in [5.41, 5.74) is 2.31. The van der Waals surface area contributed by atoms with E-state index < -0.39 is 11.9 Å². The number of nitrogens with zero attached hydrogens (tertiary/aromatic N) is 2. The predicted octanol–water partition coefficient (Wildman–Crippen LogP) is 3.04. The van der Waals surface area contributed by atoms with Crippen molar-refractivity contribution in [3.63, 3.8) is 0 Å². The fourth-order valence-electron chi connectivity index (χ4n) is 2.45. The molecule has 0 aliphatic rings. The summed E-state index contributed by atoms with van der Waals surface area (Å²) in [7, 11) is 0. The van der Waals surface area contributed by atoms with Crippen molar-refractivity contribution in [3.8, 4) is 0 Å². The first-order valence-electron chi connectivity index (χ1n) is 6.72. The predicted molar refractivity (Wildman–Crippen MR) is 80.1 cm³/mol. The first-order valence-corrected chi connectivity index (χ1v) is 6.72. The van der Waals surface area contributed by atoms with Crippen LogP contribution in [0.2, 0.25) is 0 Å². The summed E-state index contributed by atoms with van der Waals surface area (Å²) in [4.78, 5) is 20.1. The van der Waals surface area contributed by atoms with Crippen LogP contribution in [0.15, 0.2) is 60.9 Å². The van der Waals surface area contributed by atoms with Gasteiger partial charge >= 0.3 is 5.97 Å². The largest absolute Gasteiger partial charge is 0.481 e. The minimum atomic E-state index is -0.872. The first kappa shape index (κ1) is 13.2. The topological polar surface area (TPSA) is 63.1 Å². The van der Waals surface area contributed by atoms with Crippen LogP contribution in [0.5, 0.6) is 0 Å². The molecule has 0 bridgehead atoms. The van der Waals surface area contributed by atoms with Crippen molar-refractivity contribution in [3.05, 3.63) is 72.2 Å². The van der Waals surface area contributed by atoms with Gasteiger partial charge in [-0.2, -0.15) is 0 Å². The van der Waals surface area contributed by atoms with Crippen LogP contribution in [0.3, 0.4) is 0 Å². The number of rotatable bonds is 4. The van der Waals surface area contributed by atoms with Crippen LogP contribution in [0.1, 0.15) is 17.2 Å². The highest BCUT2D eigenvalue weighted by Crippen LogP contribution is 2.25. The lowest BCUT2D eigenvalue weighted by atomic mass is 9.93. The van der Waals surface area contributed by atoms with Gasteiger partial charge in [-0.05, 0) is 18.1 Å². The minimum Gasteiger partial charge on any atom is -0.481 e. The number of carbonyl (C=O) groups is 1. The maximum absolute atomic E-state index is 11.7. The van der Waals surface area contributed by atoms with Crippen LogP contribution in [-0.4, -0.2) is 21.0 Å². The molecule has 2 aromatic carbocycles. The van der Waals surface area contributed by atoms with Crippen molar-refractivity contribution < 1.29 is 9.90 Å². The summed E-state index contributed by atoms with van der Waals surface area (Å²) in [6, 6.07) is 17.1. The molecule has 0 saturated heterocycles. The standard InChI is InChI=1S/C17H14N2O2/c20-17(21)14(10-12-6-2-1-3-7-12)16-13-8-4-5-9-15(13)18-11-19-16/h1-9,11,14H,10H2,(H,20,21). The quantitative estimate of drug-likeness (QED) is 0.796. The lowest BCUT2D eigenvalue weighted by Gasteiger charge is -2.14. The smallest absolute Gasteiger partial charge is 0.312 e. The first-order chi connectivity index (χ1) is 10.3. The Balaban J connectivity index is 2.06. The van der Waals surface area contributed by atoms with E-state index in [0.717, 1.165) is 16.5 Å². The highest BCUT2D eigenvalue weighted by Gasteiger charge is 2.24. The lowest BCUT2D eigenvalue weighted by molar-refractivity contribution is -0.138. The van der Waals surface area contributed by atoms with Gasteiger partial charge in [0.1, 0.15) is 12.2 Å². The Bertz CT molecular complexity index is 767. The monoisotopic (exact) mass is 278 g/mol. The second-order valence-corrected chi connectivity index (χ2v) is 4.86. The van der Waals surface area contributed by atoms with E-state index >= 15 is 0 Å². The molecule has 1 aromatic heterocycles. The zero-order chi connectivity index (χ0) is 14.7. The third-order valence-electron chi connectivity index (χ3n) is 3.48. The molecular weight excluding hydrogens is 264 g/mol. The zero-order valence-electron chi connectivity index (χ0n) is 11.3.